The van der Waals surface area contributed by atoms with Crippen LogP contribution in [-0.2, 0) is 4.79 Å². The maximum atomic E-state index is 12.0. The minimum atomic E-state index is -0.456. The molecule has 0 saturated carbocycles. The number of carbonyl (C=O) groups is 1. The molecule has 30 heavy (non-hydrogen) atoms. The molecule has 0 atom stereocenters. The number of imidazole rings is 1. The average Bonchev–Trinajstić information content (AvgIpc) is 3.22. The van der Waals surface area contributed by atoms with E-state index < -0.39 is 5.97 Å². The van der Waals surface area contributed by atoms with E-state index in [9.17, 15) is 10.1 Å². The topological polar surface area (TPSA) is 78.8 Å². The number of nitriles is 1. The van der Waals surface area contributed by atoms with Gasteiger partial charge in [0, 0.05) is 6.08 Å². The molecule has 0 spiro atoms. The molecule has 3 aromatic carbocycles. The molecule has 0 amide bonds. The van der Waals surface area contributed by atoms with Gasteiger partial charge in [0.2, 0.25) is 0 Å². The van der Waals surface area contributed by atoms with Crippen LogP contribution in [0, 0.1) is 11.3 Å². The number of para-hydroxylation sites is 2. The number of esters is 1. The molecule has 0 radical (unpaired) electrons. The van der Waals surface area contributed by atoms with E-state index in [2.05, 4.69) is 16.0 Å². The van der Waals surface area contributed by atoms with Gasteiger partial charge in [0.25, 0.3) is 0 Å². The van der Waals surface area contributed by atoms with Crippen molar-refractivity contribution in [2.24, 2.45) is 0 Å². The Balaban J connectivity index is 1.46. The quantitative estimate of drug-likeness (QED) is 0.218. The fourth-order valence-electron chi connectivity index (χ4n) is 2.91. The van der Waals surface area contributed by atoms with Gasteiger partial charge in [-0.2, -0.15) is 5.26 Å². The fraction of sp³-hybridized carbons (Fsp3) is 0. The summed E-state index contributed by atoms with van der Waals surface area (Å²) in [5.41, 5.74) is 3.82. The Kier molecular flexibility index (Phi) is 5.50. The normalized spacial score (nSPS) is 11.5. The third-order valence-corrected chi connectivity index (χ3v) is 4.39. The van der Waals surface area contributed by atoms with Crippen LogP contribution in [0.2, 0.25) is 0 Å². The Morgan fingerprint density at radius 3 is 2.40 bits per heavy atom. The lowest BCUT2D eigenvalue weighted by Gasteiger charge is -2.02. The number of aromatic nitrogens is 2. The second-order valence-electron chi connectivity index (χ2n) is 6.51. The van der Waals surface area contributed by atoms with Gasteiger partial charge in [-0.05, 0) is 47.5 Å². The summed E-state index contributed by atoms with van der Waals surface area (Å²) < 4.78 is 5.32. The van der Waals surface area contributed by atoms with E-state index in [-0.39, 0.29) is 0 Å². The minimum Gasteiger partial charge on any atom is -0.423 e. The number of carbonyl (C=O) groups excluding carboxylic acids is 1. The maximum Gasteiger partial charge on any atom is 0.336 e. The number of fused-ring (bicyclic) bond motifs is 1. The maximum absolute atomic E-state index is 12.0. The third kappa shape index (κ3) is 4.51. The van der Waals surface area contributed by atoms with E-state index in [0.717, 1.165) is 22.2 Å². The predicted octanol–water partition coefficient (Wildman–Crippen LogP) is 5.25. The van der Waals surface area contributed by atoms with E-state index in [1.54, 1.807) is 36.4 Å². The van der Waals surface area contributed by atoms with Gasteiger partial charge in [0.05, 0.1) is 16.6 Å². The minimum absolute atomic E-state index is 0.418. The molecule has 144 valence electrons. The van der Waals surface area contributed by atoms with Crippen molar-refractivity contribution in [3.63, 3.8) is 0 Å². The van der Waals surface area contributed by atoms with Crippen molar-refractivity contribution >= 4 is 34.7 Å². The molecular weight excluding hydrogens is 374 g/mol. The number of hydrogen-bond donors (Lipinski definition) is 1. The Morgan fingerprint density at radius 1 is 0.933 bits per heavy atom. The summed E-state index contributed by atoms with van der Waals surface area (Å²) in [5, 5.41) is 9.54. The van der Waals surface area contributed by atoms with Gasteiger partial charge >= 0.3 is 5.97 Å². The second-order valence-corrected chi connectivity index (χ2v) is 6.51. The Morgan fingerprint density at radius 2 is 1.67 bits per heavy atom. The number of ether oxygens (including phenoxy) is 1. The largest absolute Gasteiger partial charge is 0.423 e. The van der Waals surface area contributed by atoms with Crippen LogP contribution in [0.15, 0.2) is 84.9 Å². The number of aromatic amines is 1. The number of hydrogen-bond acceptors (Lipinski definition) is 4. The molecule has 0 aliphatic carbocycles. The number of benzene rings is 3. The monoisotopic (exact) mass is 391 g/mol. The Bertz CT molecular complexity index is 1240. The summed E-state index contributed by atoms with van der Waals surface area (Å²) in [6, 6.07) is 26.3. The summed E-state index contributed by atoms with van der Waals surface area (Å²) in [5.74, 6) is 0.486. The molecule has 1 aromatic heterocycles. The van der Waals surface area contributed by atoms with Gasteiger partial charge in [-0.3, -0.25) is 0 Å². The van der Waals surface area contributed by atoms with Crippen molar-refractivity contribution in [2.45, 2.75) is 0 Å². The van der Waals surface area contributed by atoms with Crippen molar-refractivity contribution in [3.05, 3.63) is 102 Å². The van der Waals surface area contributed by atoms with Gasteiger partial charge in [-0.15, -0.1) is 0 Å². The van der Waals surface area contributed by atoms with Crippen LogP contribution in [0.25, 0.3) is 28.8 Å². The number of allylic oxidation sites excluding steroid dienone is 1. The summed E-state index contributed by atoms with van der Waals surface area (Å²) in [6.45, 7) is 0. The molecule has 0 fully saturated rings. The van der Waals surface area contributed by atoms with E-state index in [1.807, 2.05) is 54.6 Å². The van der Waals surface area contributed by atoms with Crippen LogP contribution in [-0.4, -0.2) is 15.9 Å². The molecule has 0 saturated heterocycles. The highest BCUT2D eigenvalue weighted by Gasteiger charge is 2.08. The van der Waals surface area contributed by atoms with Crippen LogP contribution in [0.5, 0.6) is 5.75 Å². The molecule has 5 nitrogen and oxygen atoms in total. The van der Waals surface area contributed by atoms with Crippen LogP contribution in [0.3, 0.4) is 0 Å². The van der Waals surface area contributed by atoms with Gasteiger partial charge in [-0.1, -0.05) is 54.6 Å². The zero-order valence-electron chi connectivity index (χ0n) is 15.9. The zero-order chi connectivity index (χ0) is 20.8. The summed E-state index contributed by atoms with van der Waals surface area (Å²) in [4.78, 5) is 19.6. The lowest BCUT2D eigenvalue weighted by atomic mass is 10.1. The molecule has 1 heterocycles. The van der Waals surface area contributed by atoms with E-state index in [0.29, 0.717) is 17.1 Å². The number of rotatable bonds is 5. The van der Waals surface area contributed by atoms with Crippen molar-refractivity contribution in [1.29, 1.82) is 5.26 Å². The first-order chi connectivity index (χ1) is 14.7. The summed E-state index contributed by atoms with van der Waals surface area (Å²) in [6.07, 6.45) is 4.82. The zero-order valence-corrected chi connectivity index (χ0v) is 15.9. The first kappa shape index (κ1) is 18.9. The molecule has 4 rings (SSSR count). The van der Waals surface area contributed by atoms with Crippen LogP contribution >= 0.6 is 0 Å². The van der Waals surface area contributed by atoms with Gasteiger partial charge in [-0.25, -0.2) is 9.78 Å². The first-order valence-corrected chi connectivity index (χ1v) is 9.33. The lowest BCUT2D eigenvalue weighted by Crippen LogP contribution is -2.03. The van der Waals surface area contributed by atoms with E-state index >= 15 is 0 Å². The van der Waals surface area contributed by atoms with Gasteiger partial charge in [0.15, 0.2) is 0 Å². The molecule has 0 unspecified atom stereocenters. The molecule has 0 bridgehead atoms. The molecule has 1 N–H and O–H groups in total. The van der Waals surface area contributed by atoms with Crippen molar-refractivity contribution in [2.75, 3.05) is 0 Å². The second kappa shape index (κ2) is 8.72. The fourth-order valence-corrected chi connectivity index (χ4v) is 2.91. The van der Waals surface area contributed by atoms with Crippen LogP contribution < -0.4 is 4.74 Å². The molecule has 4 aromatic rings. The number of nitrogens with one attached hydrogen (secondary N) is 1. The van der Waals surface area contributed by atoms with Gasteiger partial charge in [0.1, 0.15) is 17.6 Å². The standard InChI is InChI=1S/C25H17N3O2/c26-17-20(25-27-22-8-4-5-9-23(22)28-25)16-19-10-13-21(14-11-19)30-24(29)15-12-18-6-2-1-3-7-18/h1-16H,(H,27,28)/b15-12+,20-16+. The molecule has 5 heteroatoms. The van der Waals surface area contributed by atoms with E-state index in [4.69, 9.17) is 4.74 Å². The molecular formula is C25H17N3O2. The number of nitrogens with zero attached hydrogens (tertiary/aromatic N) is 2. The smallest absolute Gasteiger partial charge is 0.336 e. The Hall–Kier alpha value is -4.43. The SMILES string of the molecule is N#C/C(=C\c1ccc(OC(=O)/C=C/c2ccccc2)cc1)c1nc2ccccc2[nH]1. The van der Waals surface area contributed by atoms with Crippen molar-refractivity contribution in [3.8, 4) is 11.8 Å². The lowest BCUT2D eigenvalue weighted by molar-refractivity contribution is -0.128. The van der Waals surface area contributed by atoms with E-state index in [1.165, 1.54) is 6.08 Å². The van der Waals surface area contributed by atoms with Crippen LogP contribution in [0.1, 0.15) is 17.0 Å². The van der Waals surface area contributed by atoms with Gasteiger partial charge < -0.3 is 9.72 Å². The summed E-state index contributed by atoms with van der Waals surface area (Å²) in [7, 11) is 0. The Labute approximate surface area is 173 Å². The van der Waals surface area contributed by atoms with Crippen molar-refractivity contribution < 1.29 is 9.53 Å². The first-order valence-electron chi connectivity index (χ1n) is 9.33. The highest BCUT2D eigenvalue weighted by molar-refractivity contribution is 5.91. The van der Waals surface area contributed by atoms with Crippen molar-refractivity contribution in [1.82, 2.24) is 9.97 Å². The molecule has 0 aliphatic rings. The molecule has 0 aliphatic heterocycles. The highest BCUT2D eigenvalue weighted by atomic mass is 16.5. The van der Waals surface area contributed by atoms with Crippen LogP contribution in [0.4, 0.5) is 0 Å². The third-order valence-electron chi connectivity index (χ3n) is 4.39. The highest BCUT2D eigenvalue weighted by Crippen LogP contribution is 2.20. The number of H-pyrrole nitrogens is 1. The predicted molar refractivity (Wildman–Crippen MR) is 117 cm³/mol. The summed E-state index contributed by atoms with van der Waals surface area (Å²) >= 11 is 0. The average molecular weight is 391 g/mol.